The van der Waals surface area contributed by atoms with Crippen LogP contribution >= 0.6 is 0 Å². The number of imide groups is 1. The van der Waals surface area contributed by atoms with Gasteiger partial charge in [-0.05, 0) is 66.5 Å². The van der Waals surface area contributed by atoms with Crippen molar-refractivity contribution in [3.63, 3.8) is 0 Å². The Bertz CT molecular complexity index is 1310. The molecule has 37 heavy (non-hydrogen) atoms. The highest BCUT2D eigenvalue weighted by Gasteiger charge is 2.67. The van der Waals surface area contributed by atoms with E-state index in [9.17, 15) is 29.3 Å². The molecular weight excluding hydrogens is 480 g/mol. The average molecular weight is 502 g/mol. The molecule has 2 aromatic rings. The normalized spacial score (nSPS) is 28.5. The maximum absolute atomic E-state index is 13.0. The molecule has 0 N–H and O–H groups in total. The Balaban J connectivity index is 1.01. The first kappa shape index (κ1) is 23.1. The number of hydrogen-bond acceptors (Lipinski definition) is 8. The van der Waals surface area contributed by atoms with E-state index in [4.69, 9.17) is 9.47 Å². The van der Waals surface area contributed by atoms with Gasteiger partial charge < -0.3 is 9.47 Å². The second-order valence-electron chi connectivity index (χ2n) is 9.88. The molecule has 0 spiro atoms. The van der Waals surface area contributed by atoms with Gasteiger partial charge in [-0.3, -0.25) is 34.2 Å². The number of esters is 1. The van der Waals surface area contributed by atoms with Gasteiger partial charge in [0.15, 0.2) is 12.4 Å². The Kier molecular flexibility index (Phi) is 5.40. The predicted octanol–water partition coefficient (Wildman–Crippen LogP) is 3.17. The van der Waals surface area contributed by atoms with Crippen molar-refractivity contribution in [2.75, 3.05) is 13.2 Å². The van der Waals surface area contributed by atoms with Gasteiger partial charge in [-0.2, -0.15) is 0 Å². The fourth-order valence-electron chi connectivity index (χ4n) is 6.06. The van der Waals surface area contributed by atoms with E-state index in [1.54, 1.807) is 12.1 Å². The topological polar surface area (TPSA) is 133 Å². The highest BCUT2D eigenvalue weighted by molar-refractivity contribution is 6.08. The number of ketones is 1. The minimum Gasteiger partial charge on any atom is -0.457 e. The molecule has 188 valence electrons. The third-order valence-corrected chi connectivity index (χ3v) is 7.87. The molecule has 10 nitrogen and oxygen atoms in total. The number of ether oxygens (including phenoxy) is 2. The van der Waals surface area contributed by atoms with Crippen LogP contribution in [0.25, 0.3) is 0 Å². The molecule has 0 radical (unpaired) electrons. The fraction of sp³-hybridized carbons (Fsp3) is 0.333. The molecule has 1 saturated heterocycles. The molecular formula is C27H22N2O8. The van der Waals surface area contributed by atoms with Crippen LogP contribution in [0.3, 0.4) is 0 Å². The van der Waals surface area contributed by atoms with Crippen LogP contribution in [0.2, 0.25) is 0 Å². The van der Waals surface area contributed by atoms with E-state index in [0.29, 0.717) is 23.3 Å². The van der Waals surface area contributed by atoms with Gasteiger partial charge >= 0.3 is 5.97 Å². The number of benzene rings is 2. The van der Waals surface area contributed by atoms with Gasteiger partial charge in [-0.15, -0.1) is 0 Å². The maximum Gasteiger partial charge on any atom is 0.326 e. The molecule has 6 atom stereocenters. The Labute approximate surface area is 211 Å². The lowest BCUT2D eigenvalue weighted by Crippen LogP contribution is -2.40. The van der Waals surface area contributed by atoms with Crippen LogP contribution in [-0.4, -0.2) is 46.5 Å². The number of amides is 2. The summed E-state index contributed by atoms with van der Waals surface area (Å²) < 4.78 is 10.7. The van der Waals surface area contributed by atoms with Gasteiger partial charge in [0.2, 0.25) is 11.8 Å². The number of carbonyl (C=O) groups is 4. The third kappa shape index (κ3) is 3.98. The number of rotatable bonds is 8. The summed E-state index contributed by atoms with van der Waals surface area (Å²) in [4.78, 5) is 62.1. The Morgan fingerprint density at radius 1 is 0.892 bits per heavy atom. The molecule has 2 bridgehead atoms. The van der Waals surface area contributed by atoms with Gasteiger partial charge in [-0.1, -0.05) is 12.2 Å². The number of allylic oxidation sites excluding steroid dienone is 2. The lowest BCUT2D eigenvalue weighted by Gasteiger charge is -2.37. The standard InChI is InChI=1S/C27H22N2O8/c30-22(14-1-5-16(6-2-14)37-17-7-3-15(4-8-17)29(34)35)13-36-23(31)12-28-26(32)24-18-9-10-19(21-11-20(18)21)25(24)27(28)33/h1-10,18-21,24-25H,11-13H2/t18-,19-,20-,21+,24+,25+/m0/s1. The van der Waals surface area contributed by atoms with E-state index in [2.05, 4.69) is 12.2 Å². The van der Waals surface area contributed by atoms with Crippen molar-refractivity contribution >= 4 is 29.3 Å². The highest BCUT2D eigenvalue weighted by atomic mass is 16.6. The van der Waals surface area contributed by atoms with E-state index < -0.39 is 29.8 Å². The molecule has 2 amide bonds. The van der Waals surface area contributed by atoms with Crippen LogP contribution in [0.15, 0.2) is 60.7 Å². The lowest BCUT2D eigenvalue weighted by molar-refractivity contribution is -0.384. The SMILES string of the molecule is O=C(CN1C(=O)[C@@H]2[C@H]3C=C[C@@H]([C@@H]4C[C@H]34)[C@H]2C1=O)OCC(=O)c1ccc(Oc2ccc([N+](=O)[O-])cc2)cc1. The largest absolute Gasteiger partial charge is 0.457 e. The summed E-state index contributed by atoms with van der Waals surface area (Å²) in [6.07, 6.45) is 5.19. The lowest BCUT2D eigenvalue weighted by atomic mass is 9.63. The molecule has 5 aliphatic rings. The van der Waals surface area contributed by atoms with Gasteiger partial charge in [0, 0.05) is 17.7 Å². The van der Waals surface area contributed by atoms with E-state index in [-0.39, 0.29) is 46.7 Å². The fourth-order valence-corrected chi connectivity index (χ4v) is 6.06. The van der Waals surface area contributed by atoms with Crippen molar-refractivity contribution in [2.45, 2.75) is 6.42 Å². The smallest absolute Gasteiger partial charge is 0.326 e. The summed E-state index contributed by atoms with van der Waals surface area (Å²) in [5, 5.41) is 10.7. The van der Waals surface area contributed by atoms with Crippen LogP contribution in [0, 0.1) is 45.6 Å². The Hall–Kier alpha value is -4.34. The van der Waals surface area contributed by atoms with E-state index in [0.717, 1.165) is 11.3 Å². The zero-order chi connectivity index (χ0) is 25.8. The molecule has 3 fully saturated rings. The Morgan fingerprint density at radius 3 is 1.97 bits per heavy atom. The predicted molar refractivity (Wildman–Crippen MR) is 126 cm³/mol. The summed E-state index contributed by atoms with van der Waals surface area (Å²) in [6, 6.07) is 11.7. The van der Waals surface area contributed by atoms with Crippen LogP contribution in [-0.2, 0) is 19.1 Å². The monoisotopic (exact) mass is 502 g/mol. The number of nitrogens with zero attached hydrogens (tertiary/aromatic N) is 2. The van der Waals surface area contributed by atoms with Crippen LogP contribution in [0.5, 0.6) is 11.5 Å². The molecule has 10 heteroatoms. The molecule has 2 saturated carbocycles. The minimum atomic E-state index is -0.808. The second-order valence-corrected chi connectivity index (χ2v) is 9.88. The number of carbonyl (C=O) groups excluding carboxylic acids is 4. The van der Waals surface area contributed by atoms with Gasteiger partial charge in [0.1, 0.15) is 18.0 Å². The van der Waals surface area contributed by atoms with Crippen molar-refractivity contribution in [3.05, 3.63) is 76.4 Å². The number of non-ortho nitro benzene ring substituents is 1. The number of nitro groups is 1. The molecule has 1 heterocycles. The van der Waals surface area contributed by atoms with Gasteiger partial charge in [-0.25, -0.2) is 0 Å². The second kappa shape index (κ2) is 8.65. The first-order chi connectivity index (χ1) is 17.8. The number of Topliss-reactive ketones (excluding diaryl/α,β-unsaturated/α-hetero) is 1. The van der Waals surface area contributed by atoms with Crippen molar-refractivity contribution in [2.24, 2.45) is 35.5 Å². The van der Waals surface area contributed by atoms with Crippen molar-refractivity contribution in [3.8, 4) is 11.5 Å². The minimum absolute atomic E-state index is 0.0553. The molecule has 7 rings (SSSR count). The molecule has 0 unspecified atom stereocenters. The summed E-state index contributed by atoms with van der Waals surface area (Å²) in [7, 11) is 0. The number of nitro benzene ring substituents is 1. The first-order valence-corrected chi connectivity index (χ1v) is 12.1. The van der Waals surface area contributed by atoms with Crippen LogP contribution < -0.4 is 4.74 Å². The highest BCUT2D eigenvalue weighted by Crippen LogP contribution is 2.65. The zero-order valence-corrected chi connectivity index (χ0v) is 19.5. The van der Waals surface area contributed by atoms with Crippen LogP contribution in [0.4, 0.5) is 5.69 Å². The summed E-state index contributed by atoms with van der Waals surface area (Å²) in [5.41, 5.74) is 0.227. The van der Waals surface area contributed by atoms with Gasteiger partial charge in [0.25, 0.3) is 5.69 Å². The third-order valence-electron chi connectivity index (χ3n) is 7.87. The van der Waals surface area contributed by atoms with E-state index in [1.165, 1.54) is 36.4 Å². The quantitative estimate of drug-likeness (QED) is 0.134. The molecule has 4 aliphatic carbocycles. The molecule has 0 aromatic heterocycles. The van der Waals surface area contributed by atoms with E-state index in [1.807, 2.05) is 0 Å². The van der Waals surface area contributed by atoms with Gasteiger partial charge in [0.05, 0.1) is 16.8 Å². The first-order valence-electron chi connectivity index (χ1n) is 12.1. The summed E-state index contributed by atoms with van der Waals surface area (Å²) >= 11 is 0. The Morgan fingerprint density at radius 2 is 1.43 bits per heavy atom. The van der Waals surface area contributed by atoms with E-state index >= 15 is 0 Å². The van der Waals surface area contributed by atoms with Crippen molar-refractivity contribution < 1.29 is 33.6 Å². The number of likely N-dealkylation sites (tertiary alicyclic amines) is 1. The molecule has 1 aliphatic heterocycles. The zero-order valence-electron chi connectivity index (χ0n) is 19.5. The maximum atomic E-state index is 13.0. The molecule has 2 aromatic carbocycles. The summed E-state index contributed by atoms with van der Waals surface area (Å²) in [6.45, 7) is -1.02. The van der Waals surface area contributed by atoms with Crippen LogP contribution in [0.1, 0.15) is 16.8 Å². The van der Waals surface area contributed by atoms with Crippen molar-refractivity contribution in [1.82, 2.24) is 4.90 Å². The summed E-state index contributed by atoms with van der Waals surface area (Å²) in [5.74, 6) is -0.744. The number of hydrogen-bond donors (Lipinski definition) is 0. The average Bonchev–Trinajstić information content (AvgIpc) is 3.69. The van der Waals surface area contributed by atoms with Crippen molar-refractivity contribution in [1.29, 1.82) is 0 Å².